The number of rotatable bonds is 2. The highest BCUT2D eigenvalue weighted by molar-refractivity contribution is 5.12. The van der Waals surface area contributed by atoms with Crippen LogP contribution in [0.3, 0.4) is 0 Å². The Hall–Kier alpha value is -0.960. The minimum Gasteiger partial charge on any atom is -0.316 e. The third-order valence-corrected chi connectivity index (χ3v) is 2.69. The standard InChI is InChI=1S/C11H17N3/c1-8(2)11-13-6-4-10(14-11)9-3-5-12-7-9/h4,6,8-9,12H,3,5,7H2,1-2H3. The minimum atomic E-state index is 0.421. The molecule has 2 heterocycles. The second kappa shape index (κ2) is 4.05. The summed E-state index contributed by atoms with van der Waals surface area (Å²) in [6, 6.07) is 2.05. The van der Waals surface area contributed by atoms with E-state index in [1.165, 1.54) is 12.1 Å². The summed E-state index contributed by atoms with van der Waals surface area (Å²) < 4.78 is 0. The molecule has 0 saturated carbocycles. The molecule has 14 heavy (non-hydrogen) atoms. The maximum Gasteiger partial charge on any atom is 0.131 e. The van der Waals surface area contributed by atoms with Gasteiger partial charge in [-0.3, -0.25) is 0 Å². The van der Waals surface area contributed by atoms with Crippen molar-refractivity contribution in [1.29, 1.82) is 0 Å². The lowest BCUT2D eigenvalue weighted by molar-refractivity contribution is 0.694. The van der Waals surface area contributed by atoms with Crippen molar-refractivity contribution in [3.63, 3.8) is 0 Å². The average Bonchev–Trinajstić information content (AvgIpc) is 2.71. The number of hydrogen-bond acceptors (Lipinski definition) is 3. The maximum atomic E-state index is 4.60. The van der Waals surface area contributed by atoms with Crippen molar-refractivity contribution in [1.82, 2.24) is 15.3 Å². The van der Waals surface area contributed by atoms with E-state index in [4.69, 9.17) is 0 Å². The van der Waals surface area contributed by atoms with Gasteiger partial charge in [0.2, 0.25) is 0 Å². The van der Waals surface area contributed by atoms with Crippen LogP contribution in [0.4, 0.5) is 0 Å². The summed E-state index contributed by atoms with van der Waals surface area (Å²) in [5.41, 5.74) is 1.20. The molecular weight excluding hydrogens is 174 g/mol. The highest BCUT2D eigenvalue weighted by atomic mass is 14.9. The van der Waals surface area contributed by atoms with Gasteiger partial charge in [0.25, 0.3) is 0 Å². The van der Waals surface area contributed by atoms with Crippen LogP contribution in [0.15, 0.2) is 12.3 Å². The molecule has 1 unspecified atom stereocenters. The zero-order valence-corrected chi connectivity index (χ0v) is 8.83. The molecule has 1 aromatic rings. The molecular formula is C11H17N3. The molecule has 1 N–H and O–H groups in total. The summed E-state index contributed by atoms with van der Waals surface area (Å²) in [5, 5.41) is 3.36. The summed E-state index contributed by atoms with van der Waals surface area (Å²) in [5.74, 6) is 1.98. The number of nitrogens with zero attached hydrogens (tertiary/aromatic N) is 2. The third kappa shape index (κ3) is 1.93. The van der Waals surface area contributed by atoms with E-state index in [0.717, 1.165) is 18.9 Å². The molecule has 0 aromatic carbocycles. The summed E-state index contributed by atoms with van der Waals surface area (Å²) in [6.07, 6.45) is 3.09. The molecule has 0 bridgehead atoms. The Morgan fingerprint density at radius 1 is 1.50 bits per heavy atom. The molecule has 0 spiro atoms. The van der Waals surface area contributed by atoms with Crippen molar-refractivity contribution >= 4 is 0 Å². The maximum absolute atomic E-state index is 4.60. The Bertz CT molecular complexity index is 303. The molecule has 76 valence electrons. The fraction of sp³-hybridized carbons (Fsp3) is 0.636. The second-order valence-electron chi connectivity index (χ2n) is 4.18. The zero-order valence-electron chi connectivity index (χ0n) is 8.83. The normalized spacial score (nSPS) is 21.8. The largest absolute Gasteiger partial charge is 0.316 e. The van der Waals surface area contributed by atoms with Gasteiger partial charge in [0.1, 0.15) is 5.82 Å². The molecule has 0 amide bonds. The van der Waals surface area contributed by atoms with Gasteiger partial charge < -0.3 is 5.32 Å². The van der Waals surface area contributed by atoms with Gasteiger partial charge in [0, 0.05) is 30.3 Å². The lowest BCUT2D eigenvalue weighted by atomic mass is 10.0. The van der Waals surface area contributed by atoms with Crippen molar-refractivity contribution in [3.05, 3.63) is 23.8 Å². The summed E-state index contributed by atoms with van der Waals surface area (Å²) in [4.78, 5) is 8.88. The topological polar surface area (TPSA) is 37.8 Å². The van der Waals surface area contributed by atoms with Crippen LogP contribution in [0, 0.1) is 0 Å². The fourth-order valence-electron chi connectivity index (χ4n) is 1.80. The Balaban J connectivity index is 2.21. The van der Waals surface area contributed by atoms with Crippen LogP contribution < -0.4 is 5.32 Å². The highest BCUT2D eigenvalue weighted by Gasteiger charge is 2.18. The van der Waals surface area contributed by atoms with Crippen molar-refractivity contribution < 1.29 is 0 Å². The monoisotopic (exact) mass is 191 g/mol. The van der Waals surface area contributed by atoms with Gasteiger partial charge in [-0.2, -0.15) is 0 Å². The molecule has 1 aliphatic heterocycles. The van der Waals surface area contributed by atoms with Crippen LogP contribution in [0.25, 0.3) is 0 Å². The van der Waals surface area contributed by atoms with E-state index in [9.17, 15) is 0 Å². The van der Waals surface area contributed by atoms with E-state index in [2.05, 4.69) is 29.1 Å². The summed E-state index contributed by atoms with van der Waals surface area (Å²) in [6.45, 7) is 6.44. The SMILES string of the molecule is CC(C)c1nccc(C2CCNC2)n1. The lowest BCUT2D eigenvalue weighted by Crippen LogP contribution is -2.10. The molecule has 3 heteroatoms. The molecule has 0 aliphatic carbocycles. The Kier molecular flexibility index (Phi) is 2.77. The van der Waals surface area contributed by atoms with E-state index in [1.807, 2.05) is 12.3 Å². The molecule has 1 atom stereocenters. The molecule has 0 radical (unpaired) electrons. The number of nitrogens with one attached hydrogen (secondary N) is 1. The van der Waals surface area contributed by atoms with Crippen LogP contribution >= 0.6 is 0 Å². The van der Waals surface area contributed by atoms with Crippen molar-refractivity contribution in [3.8, 4) is 0 Å². The second-order valence-corrected chi connectivity index (χ2v) is 4.18. The first-order valence-corrected chi connectivity index (χ1v) is 5.31. The predicted octanol–water partition coefficient (Wildman–Crippen LogP) is 1.68. The van der Waals surface area contributed by atoms with Crippen molar-refractivity contribution in [2.24, 2.45) is 0 Å². The van der Waals surface area contributed by atoms with Gasteiger partial charge in [-0.05, 0) is 19.0 Å². The molecule has 1 saturated heterocycles. The minimum absolute atomic E-state index is 0.421. The van der Waals surface area contributed by atoms with Gasteiger partial charge in [-0.1, -0.05) is 13.8 Å². The Morgan fingerprint density at radius 2 is 2.36 bits per heavy atom. The van der Waals surface area contributed by atoms with E-state index in [-0.39, 0.29) is 0 Å². The molecule has 3 nitrogen and oxygen atoms in total. The lowest BCUT2D eigenvalue weighted by Gasteiger charge is -2.10. The molecule has 1 aromatic heterocycles. The van der Waals surface area contributed by atoms with Crippen LogP contribution in [0.5, 0.6) is 0 Å². The van der Waals surface area contributed by atoms with Gasteiger partial charge in [0.15, 0.2) is 0 Å². The molecule has 1 aliphatic rings. The van der Waals surface area contributed by atoms with Gasteiger partial charge in [-0.25, -0.2) is 9.97 Å². The Labute approximate surface area is 85.0 Å². The first-order chi connectivity index (χ1) is 6.77. The van der Waals surface area contributed by atoms with E-state index < -0.39 is 0 Å². The number of hydrogen-bond donors (Lipinski definition) is 1. The summed E-state index contributed by atoms with van der Waals surface area (Å²) >= 11 is 0. The van der Waals surface area contributed by atoms with E-state index >= 15 is 0 Å². The first-order valence-electron chi connectivity index (χ1n) is 5.31. The van der Waals surface area contributed by atoms with Crippen molar-refractivity contribution in [2.75, 3.05) is 13.1 Å². The number of aromatic nitrogens is 2. The molecule has 2 rings (SSSR count). The van der Waals surface area contributed by atoms with Gasteiger partial charge in [-0.15, -0.1) is 0 Å². The first kappa shape index (κ1) is 9.59. The zero-order chi connectivity index (χ0) is 9.97. The van der Waals surface area contributed by atoms with Crippen LogP contribution in [0.1, 0.15) is 43.6 Å². The predicted molar refractivity (Wildman–Crippen MR) is 56.3 cm³/mol. The third-order valence-electron chi connectivity index (χ3n) is 2.69. The van der Waals surface area contributed by atoms with Gasteiger partial charge >= 0.3 is 0 Å². The van der Waals surface area contributed by atoms with Crippen LogP contribution in [-0.2, 0) is 0 Å². The Morgan fingerprint density at radius 3 is 3.00 bits per heavy atom. The van der Waals surface area contributed by atoms with E-state index in [0.29, 0.717) is 11.8 Å². The van der Waals surface area contributed by atoms with Gasteiger partial charge in [0.05, 0.1) is 0 Å². The summed E-state index contributed by atoms with van der Waals surface area (Å²) in [7, 11) is 0. The van der Waals surface area contributed by atoms with E-state index in [1.54, 1.807) is 0 Å². The highest BCUT2D eigenvalue weighted by Crippen LogP contribution is 2.21. The quantitative estimate of drug-likeness (QED) is 0.772. The van der Waals surface area contributed by atoms with Crippen LogP contribution in [0.2, 0.25) is 0 Å². The fourth-order valence-corrected chi connectivity index (χ4v) is 1.80. The smallest absolute Gasteiger partial charge is 0.131 e. The average molecular weight is 191 g/mol. The van der Waals surface area contributed by atoms with Crippen LogP contribution in [-0.4, -0.2) is 23.1 Å². The molecule has 1 fully saturated rings. The van der Waals surface area contributed by atoms with Crippen molar-refractivity contribution in [2.45, 2.75) is 32.1 Å².